The number of nitrogens with one attached hydrogen (secondary N) is 1. The lowest BCUT2D eigenvalue weighted by Crippen LogP contribution is -2.36. The Hall–Kier alpha value is -0.840. The molecule has 0 aromatic carbocycles. The molecule has 96 valence electrons. The van der Waals surface area contributed by atoms with Gasteiger partial charge in [0, 0.05) is 19.6 Å². The van der Waals surface area contributed by atoms with Crippen LogP contribution in [0.3, 0.4) is 0 Å². The van der Waals surface area contributed by atoms with E-state index in [1.807, 2.05) is 0 Å². The fraction of sp³-hybridized carbons (Fsp3) is 0.692. The molecule has 0 spiro atoms. The molecule has 1 unspecified atom stereocenters. The predicted octanol–water partition coefficient (Wildman–Crippen LogP) is 1.39. The van der Waals surface area contributed by atoms with Crippen molar-refractivity contribution in [3.63, 3.8) is 0 Å². The van der Waals surface area contributed by atoms with Crippen molar-refractivity contribution in [1.82, 2.24) is 10.2 Å². The average Bonchev–Trinajstić information content (AvgIpc) is 2.89. The summed E-state index contributed by atoms with van der Waals surface area (Å²) in [6.07, 6.45) is 5.09. The molecule has 1 aromatic rings. The number of hydrogen-bond donors (Lipinski definition) is 2. The number of rotatable bonds is 6. The molecule has 2 N–H and O–H groups in total. The van der Waals surface area contributed by atoms with Gasteiger partial charge in [-0.25, -0.2) is 0 Å². The Morgan fingerprint density at radius 1 is 1.35 bits per heavy atom. The first-order valence-electron chi connectivity index (χ1n) is 6.51. The van der Waals surface area contributed by atoms with Crippen LogP contribution in [-0.2, 0) is 0 Å². The van der Waals surface area contributed by atoms with Gasteiger partial charge in [0.05, 0.1) is 6.26 Å². The summed E-state index contributed by atoms with van der Waals surface area (Å²) in [5.41, 5.74) is 0. The molecular formula is C13H22N2O2. The number of aliphatic hydroxyl groups is 1. The normalized spacial score (nSPS) is 19.4. The van der Waals surface area contributed by atoms with Gasteiger partial charge in [0.25, 0.3) is 0 Å². The van der Waals surface area contributed by atoms with E-state index in [9.17, 15) is 5.11 Å². The summed E-state index contributed by atoms with van der Waals surface area (Å²) in [7, 11) is 0. The minimum Gasteiger partial charge on any atom is -0.467 e. The maximum Gasteiger partial charge on any atom is 0.133 e. The van der Waals surface area contributed by atoms with Gasteiger partial charge in [-0.1, -0.05) is 6.42 Å². The highest BCUT2D eigenvalue weighted by atomic mass is 16.4. The Balaban J connectivity index is 1.56. The molecule has 0 radical (unpaired) electrons. The van der Waals surface area contributed by atoms with Crippen molar-refractivity contribution in [1.29, 1.82) is 0 Å². The Labute approximate surface area is 103 Å². The van der Waals surface area contributed by atoms with E-state index in [-0.39, 0.29) is 0 Å². The number of nitrogens with zero attached hydrogens (tertiary/aromatic N) is 1. The minimum absolute atomic E-state index is 0.536. The molecule has 1 saturated heterocycles. The SMILES string of the molecule is OC(CNCCN1CCCCC1)c1ccco1. The zero-order chi connectivity index (χ0) is 11.9. The third-order valence-electron chi connectivity index (χ3n) is 3.26. The second-order valence-corrected chi connectivity index (χ2v) is 4.64. The van der Waals surface area contributed by atoms with E-state index >= 15 is 0 Å². The zero-order valence-corrected chi connectivity index (χ0v) is 10.3. The summed E-state index contributed by atoms with van der Waals surface area (Å²) in [6, 6.07) is 3.60. The molecule has 2 rings (SSSR count). The predicted molar refractivity (Wildman–Crippen MR) is 66.8 cm³/mol. The Kier molecular flexibility index (Phi) is 5.04. The van der Waals surface area contributed by atoms with Crippen molar-refractivity contribution in [2.24, 2.45) is 0 Å². The van der Waals surface area contributed by atoms with Crippen LogP contribution in [0.2, 0.25) is 0 Å². The lowest BCUT2D eigenvalue weighted by molar-refractivity contribution is 0.144. The average molecular weight is 238 g/mol. The zero-order valence-electron chi connectivity index (χ0n) is 10.3. The molecule has 1 fully saturated rings. The molecule has 0 amide bonds. The van der Waals surface area contributed by atoms with Gasteiger partial charge >= 0.3 is 0 Å². The fourth-order valence-corrected chi connectivity index (χ4v) is 2.24. The molecule has 1 aliphatic rings. The van der Waals surface area contributed by atoms with Gasteiger partial charge in [-0.3, -0.25) is 0 Å². The summed E-state index contributed by atoms with van der Waals surface area (Å²) in [6.45, 7) is 5.01. The van der Waals surface area contributed by atoms with Crippen molar-refractivity contribution in [2.45, 2.75) is 25.4 Å². The monoisotopic (exact) mass is 238 g/mol. The number of likely N-dealkylation sites (tertiary alicyclic amines) is 1. The van der Waals surface area contributed by atoms with E-state index in [1.165, 1.54) is 32.4 Å². The van der Waals surface area contributed by atoms with Gasteiger partial charge in [0.2, 0.25) is 0 Å². The Bertz CT molecular complexity index is 294. The molecule has 1 aliphatic heterocycles. The maximum absolute atomic E-state index is 9.78. The number of hydrogen-bond acceptors (Lipinski definition) is 4. The minimum atomic E-state index is -0.536. The summed E-state index contributed by atoms with van der Waals surface area (Å²) in [4.78, 5) is 2.48. The third kappa shape index (κ3) is 4.15. The van der Waals surface area contributed by atoms with Crippen molar-refractivity contribution >= 4 is 0 Å². The molecule has 4 nitrogen and oxygen atoms in total. The maximum atomic E-state index is 9.78. The van der Waals surface area contributed by atoms with Gasteiger partial charge < -0.3 is 19.7 Å². The topological polar surface area (TPSA) is 48.6 Å². The lowest BCUT2D eigenvalue weighted by Gasteiger charge is -2.26. The largest absolute Gasteiger partial charge is 0.467 e. The lowest BCUT2D eigenvalue weighted by atomic mass is 10.1. The second kappa shape index (κ2) is 6.79. The molecular weight excluding hydrogens is 216 g/mol. The molecule has 1 atom stereocenters. The van der Waals surface area contributed by atoms with Gasteiger partial charge in [-0.2, -0.15) is 0 Å². The summed E-state index contributed by atoms with van der Waals surface area (Å²) in [5, 5.41) is 13.0. The quantitative estimate of drug-likeness (QED) is 0.735. The van der Waals surface area contributed by atoms with Crippen molar-refractivity contribution in [3.05, 3.63) is 24.2 Å². The van der Waals surface area contributed by atoms with E-state index in [4.69, 9.17) is 4.42 Å². The summed E-state index contributed by atoms with van der Waals surface area (Å²) < 4.78 is 5.14. The van der Waals surface area contributed by atoms with Crippen LogP contribution in [0.25, 0.3) is 0 Å². The second-order valence-electron chi connectivity index (χ2n) is 4.64. The number of furan rings is 1. The van der Waals surface area contributed by atoms with Crippen LogP contribution in [0.1, 0.15) is 31.1 Å². The smallest absolute Gasteiger partial charge is 0.133 e. The van der Waals surface area contributed by atoms with Crippen molar-refractivity contribution in [2.75, 3.05) is 32.7 Å². The molecule has 2 heterocycles. The van der Waals surface area contributed by atoms with Crippen LogP contribution in [0.5, 0.6) is 0 Å². The van der Waals surface area contributed by atoms with E-state index in [0.717, 1.165) is 13.1 Å². The third-order valence-corrected chi connectivity index (χ3v) is 3.26. The van der Waals surface area contributed by atoms with Crippen LogP contribution in [0.4, 0.5) is 0 Å². The van der Waals surface area contributed by atoms with E-state index in [2.05, 4.69) is 10.2 Å². The molecule has 0 saturated carbocycles. The standard InChI is InChI=1S/C13H22N2O2/c16-12(13-5-4-10-17-13)11-14-6-9-15-7-2-1-3-8-15/h4-5,10,12,14,16H,1-3,6-9,11H2. The van der Waals surface area contributed by atoms with Crippen LogP contribution < -0.4 is 5.32 Å². The van der Waals surface area contributed by atoms with Crippen molar-refractivity contribution < 1.29 is 9.52 Å². The Morgan fingerprint density at radius 3 is 2.88 bits per heavy atom. The molecule has 4 heteroatoms. The first kappa shape index (κ1) is 12.6. The van der Waals surface area contributed by atoms with Crippen LogP contribution in [-0.4, -0.2) is 42.7 Å². The van der Waals surface area contributed by atoms with Crippen LogP contribution in [0, 0.1) is 0 Å². The number of piperidine rings is 1. The van der Waals surface area contributed by atoms with Crippen LogP contribution in [0.15, 0.2) is 22.8 Å². The highest BCUT2D eigenvalue weighted by Gasteiger charge is 2.11. The van der Waals surface area contributed by atoms with E-state index < -0.39 is 6.10 Å². The molecule has 0 bridgehead atoms. The molecule has 0 aliphatic carbocycles. The van der Waals surface area contributed by atoms with Crippen molar-refractivity contribution in [3.8, 4) is 0 Å². The van der Waals surface area contributed by atoms with E-state index in [1.54, 1.807) is 18.4 Å². The molecule has 1 aromatic heterocycles. The van der Waals surface area contributed by atoms with Crippen LogP contribution >= 0.6 is 0 Å². The van der Waals surface area contributed by atoms with Gasteiger partial charge in [0.15, 0.2) is 0 Å². The highest BCUT2D eigenvalue weighted by Crippen LogP contribution is 2.11. The first-order chi connectivity index (χ1) is 8.36. The Morgan fingerprint density at radius 2 is 2.18 bits per heavy atom. The molecule has 17 heavy (non-hydrogen) atoms. The first-order valence-corrected chi connectivity index (χ1v) is 6.51. The summed E-state index contributed by atoms with van der Waals surface area (Å²) in [5.74, 6) is 0.635. The van der Waals surface area contributed by atoms with E-state index in [0.29, 0.717) is 12.3 Å². The number of aliphatic hydroxyl groups excluding tert-OH is 1. The van der Waals surface area contributed by atoms with Gasteiger partial charge in [-0.05, 0) is 38.1 Å². The fourth-order valence-electron chi connectivity index (χ4n) is 2.24. The van der Waals surface area contributed by atoms with Gasteiger partial charge in [0.1, 0.15) is 11.9 Å². The summed E-state index contributed by atoms with van der Waals surface area (Å²) >= 11 is 0. The van der Waals surface area contributed by atoms with Gasteiger partial charge in [-0.15, -0.1) is 0 Å². The highest BCUT2D eigenvalue weighted by molar-refractivity contribution is 5.02.